The van der Waals surface area contributed by atoms with Crippen molar-refractivity contribution in [2.45, 2.75) is 51.5 Å². The van der Waals surface area contributed by atoms with E-state index in [1.807, 2.05) is 0 Å². The Labute approximate surface area is 116 Å². The normalized spacial score (nSPS) is 21.4. The van der Waals surface area contributed by atoms with E-state index in [1.165, 1.54) is 45.3 Å². The summed E-state index contributed by atoms with van der Waals surface area (Å²) in [4.78, 5) is 6.75. The summed E-state index contributed by atoms with van der Waals surface area (Å²) in [5, 5.41) is 10.5. The largest absolute Gasteiger partial charge is 0.314 e. The molecule has 0 bridgehead atoms. The number of hydrogen-bond acceptors (Lipinski definition) is 4. The lowest BCUT2D eigenvalue weighted by Gasteiger charge is -2.19. The second kappa shape index (κ2) is 8.27. The average molecular weight is 265 g/mol. The Morgan fingerprint density at radius 3 is 3.16 bits per heavy atom. The van der Waals surface area contributed by atoms with Gasteiger partial charge >= 0.3 is 0 Å². The van der Waals surface area contributed by atoms with Gasteiger partial charge in [-0.15, -0.1) is 0 Å². The number of aromatic nitrogens is 3. The van der Waals surface area contributed by atoms with Crippen LogP contribution in [0.2, 0.25) is 0 Å². The van der Waals surface area contributed by atoms with Crippen LogP contribution in [-0.4, -0.2) is 52.3 Å². The molecule has 1 aromatic rings. The Kier molecular flexibility index (Phi) is 6.30. The topological polar surface area (TPSA) is 56.8 Å². The number of nitrogens with zero attached hydrogens (tertiary/aromatic N) is 3. The summed E-state index contributed by atoms with van der Waals surface area (Å²) in [6.45, 7) is 7.15. The van der Waals surface area contributed by atoms with Crippen LogP contribution < -0.4 is 5.32 Å². The highest BCUT2D eigenvalue weighted by molar-refractivity contribution is 4.80. The molecule has 5 nitrogen and oxygen atoms in total. The molecule has 1 fully saturated rings. The van der Waals surface area contributed by atoms with Gasteiger partial charge in [-0.05, 0) is 58.3 Å². The smallest absolute Gasteiger partial charge is 0.137 e. The van der Waals surface area contributed by atoms with E-state index >= 15 is 0 Å². The second-order valence-electron chi connectivity index (χ2n) is 5.46. The number of likely N-dealkylation sites (tertiary alicyclic amines) is 1. The summed E-state index contributed by atoms with van der Waals surface area (Å²) >= 11 is 0. The van der Waals surface area contributed by atoms with Crippen molar-refractivity contribution in [2.24, 2.45) is 0 Å². The minimum absolute atomic E-state index is 0.705. The van der Waals surface area contributed by atoms with Crippen LogP contribution in [0.5, 0.6) is 0 Å². The number of rotatable bonds is 7. The third kappa shape index (κ3) is 5.28. The van der Waals surface area contributed by atoms with Crippen LogP contribution in [0.25, 0.3) is 0 Å². The van der Waals surface area contributed by atoms with Crippen LogP contribution in [-0.2, 0) is 6.42 Å². The molecule has 2 N–H and O–H groups in total. The molecule has 0 radical (unpaired) electrons. The molecule has 108 valence electrons. The van der Waals surface area contributed by atoms with E-state index in [4.69, 9.17) is 0 Å². The Hall–Kier alpha value is -0.940. The molecule has 19 heavy (non-hydrogen) atoms. The van der Waals surface area contributed by atoms with Crippen LogP contribution in [0, 0.1) is 0 Å². The SMILES string of the molecule is CCCN1CCCC(NCCCc2ncn[nH]2)CC1. The molecule has 1 aliphatic heterocycles. The first-order chi connectivity index (χ1) is 9.38. The van der Waals surface area contributed by atoms with Crippen molar-refractivity contribution in [3.05, 3.63) is 12.2 Å². The zero-order chi connectivity index (χ0) is 13.3. The Morgan fingerprint density at radius 1 is 1.42 bits per heavy atom. The molecular weight excluding hydrogens is 238 g/mol. The molecule has 1 aliphatic rings. The van der Waals surface area contributed by atoms with E-state index in [1.54, 1.807) is 6.33 Å². The molecule has 0 saturated carbocycles. The van der Waals surface area contributed by atoms with Crippen molar-refractivity contribution >= 4 is 0 Å². The maximum atomic E-state index is 4.14. The van der Waals surface area contributed by atoms with E-state index in [9.17, 15) is 0 Å². The zero-order valence-corrected chi connectivity index (χ0v) is 12.1. The van der Waals surface area contributed by atoms with Crippen molar-refractivity contribution in [2.75, 3.05) is 26.2 Å². The van der Waals surface area contributed by atoms with E-state index in [2.05, 4.69) is 32.3 Å². The van der Waals surface area contributed by atoms with Gasteiger partial charge in [-0.3, -0.25) is 5.10 Å². The molecule has 0 aliphatic carbocycles. The number of nitrogens with one attached hydrogen (secondary N) is 2. The summed E-state index contributed by atoms with van der Waals surface area (Å²) in [7, 11) is 0. The summed E-state index contributed by atoms with van der Waals surface area (Å²) in [5.41, 5.74) is 0. The summed E-state index contributed by atoms with van der Waals surface area (Å²) in [5.74, 6) is 0.997. The fourth-order valence-corrected chi connectivity index (χ4v) is 2.81. The van der Waals surface area contributed by atoms with E-state index in [0.29, 0.717) is 6.04 Å². The van der Waals surface area contributed by atoms with E-state index in [0.717, 1.165) is 25.2 Å². The molecule has 0 aromatic carbocycles. The zero-order valence-electron chi connectivity index (χ0n) is 12.1. The summed E-state index contributed by atoms with van der Waals surface area (Å²) < 4.78 is 0. The molecule has 1 aromatic heterocycles. The van der Waals surface area contributed by atoms with Gasteiger partial charge in [0.1, 0.15) is 12.2 Å². The first-order valence-electron chi connectivity index (χ1n) is 7.68. The molecule has 2 rings (SSSR count). The second-order valence-corrected chi connectivity index (χ2v) is 5.46. The third-order valence-corrected chi connectivity index (χ3v) is 3.85. The lowest BCUT2D eigenvalue weighted by atomic mass is 10.1. The molecule has 5 heteroatoms. The summed E-state index contributed by atoms with van der Waals surface area (Å²) in [6, 6.07) is 0.705. The van der Waals surface area contributed by atoms with Gasteiger partial charge in [0.2, 0.25) is 0 Å². The predicted molar refractivity (Wildman–Crippen MR) is 77.1 cm³/mol. The molecule has 2 heterocycles. The van der Waals surface area contributed by atoms with Crippen LogP contribution in [0.1, 0.15) is 44.9 Å². The van der Waals surface area contributed by atoms with Crippen LogP contribution in [0.3, 0.4) is 0 Å². The highest BCUT2D eigenvalue weighted by atomic mass is 15.2. The number of H-pyrrole nitrogens is 1. The van der Waals surface area contributed by atoms with Crippen LogP contribution >= 0.6 is 0 Å². The van der Waals surface area contributed by atoms with E-state index < -0.39 is 0 Å². The number of hydrogen-bond donors (Lipinski definition) is 2. The minimum atomic E-state index is 0.705. The number of aryl methyl sites for hydroxylation is 1. The Morgan fingerprint density at radius 2 is 2.37 bits per heavy atom. The van der Waals surface area contributed by atoms with Gasteiger partial charge in [-0.1, -0.05) is 6.92 Å². The van der Waals surface area contributed by atoms with Crippen molar-refractivity contribution < 1.29 is 0 Å². The highest BCUT2D eigenvalue weighted by Crippen LogP contribution is 2.11. The van der Waals surface area contributed by atoms with Gasteiger partial charge in [0, 0.05) is 12.5 Å². The molecule has 0 spiro atoms. The van der Waals surface area contributed by atoms with Crippen LogP contribution in [0.4, 0.5) is 0 Å². The lowest BCUT2D eigenvalue weighted by molar-refractivity contribution is 0.282. The van der Waals surface area contributed by atoms with Crippen LogP contribution in [0.15, 0.2) is 6.33 Å². The van der Waals surface area contributed by atoms with Gasteiger partial charge in [0.05, 0.1) is 0 Å². The quantitative estimate of drug-likeness (QED) is 0.735. The Bertz CT molecular complexity index is 325. The maximum Gasteiger partial charge on any atom is 0.137 e. The minimum Gasteiger partial charge on any atom is -0.314 e. The van der Waals surface area contributed by atoms with Gasteiger partial charge in [-0.25, -0.2) is 4.98 Å². The molecule has 1 unspecified atom stereocenters. The monoisotopic (exact) mass is 265 g/mol. The van der Waals surface area contributed by atoms with Crippen molar-refractivity contribution in [3.8, 4) is 0 Å². The van der Waals surface area contributed by atoms with Gasteiger partial charge < -0.3 is 10.2 Å². The Balaban J connectivity index is 1.58. The van der Waals surface area contributed by atoms with Gasteiger partial charge in [0.15, 0.2) is 0 Å². The average Bonchev–Trinajstić information content (AvgIpc) is 2.83. The van der Waals surface area contributed by atoms with Crippen molar-refractivity contribution in [1.82, 2.24) is 25.4 Å². The highest BCUT2D eigenvalue weighted by Gasteiger charge is 2.15. The number of aromatic amines is 1. The van der Waals surface area contributed by atoms with Gasteiger partial charge in [0.25, 0.3) is 0 Å². The van der Waals surface area contributed by atoms with Crippen molar-refractivity contribution in [3.63, 3.8) is 0 Å². The lowest BCUT2D eigenvalue weighted by Crippen LogP contribution is -2.32. The third-order valence-electron chi connectivity index (χ3n) is 3.85. The molecule has 1 saturated heterocycles. The predicted octanol–water partition coefficient (Wildman–Crippen LogP) is 1.59. The van der Waals surface area contributed by atoms with E-state index in [-0.39, 0.29) is 0 Å². The first-order valence-corrected chi connectivity index (χ1v) is 7.68. The fourth-order valence-electron chi connectivity index (χ4n) is 2.81. The fraction of sp³-hybridized carbons (Fsp3) is 0.857. The standard InChI is InChI=1S/C14H27N5/c1-2-9-19-10-4-5-13(7-11-19)15-8-3-6-14-16-12-17-18-14/h12-13,15H,2-11H2,1H3,(H,16,17,18). The maximum absolute atomic E-state index is 4.14. The first kappa shape index (κ1) is 14.5. The molecule has 1 atom stereocenters. The molecular formula is C14H27N5. The summed E-state index contributed by atoms with van der Waals surface area (Å²) in [6.07, 6.45) is 8.92. The van der Waals surface area contributed by atoms with Crippen molar-refractivity contribution in [1.29, 1.82) is 0 Å². The van der Waals surface area contributed by atoms with Gasteiger partial charge in [-0.2, -0.15) is 5.10 Å². The molecule has 0 amide bonds.